The Balaban J connectivity index is 2.55. The minimum absolute atomic E-state index is 0.408. The molecule has 1 N–H and O–H groups in total. The molecule has 2 atom stereocenters. The molecule has 0 amide bonds. The van der Waals surface area contributed by atoms with Gasteiger partial charge in [0.15, 0.2) is 0 Å². The molecule has 0 spiro atoms. The topological polar surface area (TPSA) is 12.0 Å². The van der Waals surface area contributed by atoms with Crippen LogP contribution < -0.4 is 5.32 Å². The van der Waals surface area contributed by atoms with Crippen molar-refractivity contribution in [1.29, 1.82) is 0 Å². The highest BCUT2D eigenvalue weighted by molar-refractivity contribution is 7.99. The fraction of sp³-hybridized carbons (Fsp3) is 1.00. The maximum Gasteiger partial charge on any atom is 0.0152 e. The summed E-state index contributed by atoms with van der Waals surface area (Å²) in [5.74, 6) is 3.61. The van der Waals surface area contributed by atoms with E-state index in [1.807, 2.05) is 0 Å². The first-order chi connectivity index (χ1) is 6.05. The zero-order valence-corrected chi connectivity index (χ0v) is 10.2. The van der Waals surface area contributed by atoms with Gasteiger partial charge in [-0.1, -0.05) is 27.7 Å². The average Bonchev–Trinajstić information content (AvgIpc) is 2.49. The van der Waals surface area contributed by atoms with Gasteiger partial charge in [0.1, 0.15) is 0 Å². The predicted octanol–water partition coefficient (Wildman–Crippen LogP) is 2.76. The summed E-state index contributed by atoms with van der Waals surface area (Å²) in [6, 6.07) is 0.701. The second-order valence-corrected chi connectivity index (χ2v) is 6.17. The Morgan fingerprint density at radius 3 is 2.54 bits per heavy atom. The van der Waals surface area contributed by atoms with Crippen LogP contribution in [0.3, 0.4) is 0 Å². The molecule has 0 bridgehead atoms. The molecule has 0 aromatic carbocycles. The molecule has 13 heavy (non-hydrogen) atoms. The van der Waals surface area contributed by atoms with Crippen LogP contribution in [0.15, 0.2) is 0 Å². The van der Waals surface area contributed by atoms with Crippen LogP contribution in [-0.4, -0.2) is 24.1 Å². The van der Waals surface area contributed by atoms with E-state index < -0.39 is 0 Å². The summed E-state index contributed by atoms with van der Waals surface area (Å²) in [7, 11) is 0. The molecule has 1 heterocycles. The highest BCUT2D eigenvalue weighted by atomic mass is 32.2. The molecule has 1 nitrogen and oxygen atoms in total. The van der Waals surface area contributed by atoms with Crippen LogP contribution in [0.4, 0.5) is 0 Å². The minimum Gasteiger partial charge on any atom is -0.313 e. The van der Waals surface area contributed by atoms with Gasteiger partial charge >= 0.3 is 0 Å². The van der Waals surface area contributed by atoms with Crippen LogP contribution in [0.1, 0.15) is 34.1 Å². The molecule has 0 saturated carbocycles. The second kappa shape index (κ2) is 4.70. The first kappa shape index (κ1) is 11.4. The van der Waals surface area contributed by atoms with E-state index in [0.717, 1.165) is 12.5 Å². The highest BCUT2D eigenvalue weighted by Gasteiger charge is 2.33. The van der Waals surface area contributed by atoms with Crippen molar-refractivity contribution < 1.29 is 0 Å². The third-order valence-corrected chi connectivity index (χ3v) is 3.98. The number of hydrogen-bond acceptors (Lipinski definition) is 2. The highest BCUT2D eigenvalue weighted by Crippen LogP contribution is 2.34. The smallest absolute Gasteiger partial charge is 0.0152 e. The van der Waals surface area contributed by atoms with Crippen molar-refractivity contribution >= 4 is 11.8 Å². The Morgan fingerprint density at radius 2 is 2.15 bits per heavy atom. The van der Waals surface area contributed by atoms with E-state index in [9.17, 15) is 0 Å². The SMILES string of the molecule is CCNC(C1CCSC1)C(C)(C)C. The third kappa shape index (κ3) is 3.17. The molecule has 1 rings (SSSR count). The molecule has 0 aromatic heterocycles. The zero-order chi connectivity index (χ0) is 9.90. The van der Waals surface area contributed by atoms with Crippen molar-refractivity contribution in [3.05, 3.63) is 0 Å². The van der Waals surface area contributed by atoms with Gasteiger partial charge in [-0.15, -0.1) is 0 Å². The van der Waals surface area contributed by atoms with E-state index in [1.165, 1.54) is 17.9 Å². The summed E-state index contributed by atoms with van der Waals surface area (Å²) >= 11 is 2.11. The van der Waals surface area contributed by atoms with Gasteiger partial charge in [0.25, 0.3) is 0 Å². The summed E-state index contributed by atoms with van der Waals surface area (Å²) in [5.41, 5.74) is 0.408. The standard InChI is InChI=1S/C11H23NS/c1-5-12-10(11(2,3)4)9-6-7-13-8-9/h9-10,12H,5-8H2,1-4H3. The lowest BCUT2D eigenvalue weighted by atomic mass is 9.78. The van der Waals surface area contributed by atoms with Crippen LogP contribution in [0.2, 0.25) is 0 Å². The van der Waals surface area contributed by atoms with Gasteiger partial charge in [-0.3, -0.25) is 0 Å². The Bertz CT molecular complexity index is 145. The normalized spacial score (nSPS) is 26.3. The molecular formula is C11H23NS. The second-order valence-electron chi connectivity index (χ2n) is 5.03. The summed E-state index contributed by atoms with van der Waals surface area (Å²) in [5, 5.41) is 3.65. The summed E-state index contributed by atoms with van der Waals surface area (Å²) in [4.78, 5) is 0. The van der Waals surface area contributed by atoms with Crippen molar-refractivity contribution in [3.63, 3.8) is 0 Å². The van der Waals surface area contributed by atoms with Gasteiger partial charge in [0.2, 0.25) is 0 Å². The Morgan fingerprint density at radius 1 is 1.46 bits per heavy atom. The van der Waals surface area contributed by atoms with Crippen LogP contribution >= 0.6 is 11.8 Å². The third-order valence-electron chi connectivity index (χ3n) is 2.79. The summed E-state index contributed by atoms with van der Waals surface area (Å²) in [6.45, 7) is 10.4. The van der Waals surface area contributed by atoms with Gasteiger partial charge in [-0.25, -0.2) is 0 Å². The number of hydrogen-bond donors (Lipinski definition) is 1. The van der Waals surface area contributed by atoms with Gasteiger partial charge in [0, 0.05) is 6.04 Å². The van der Waals surface area contributed by atoms with Gasteiger partial charge in [0.05, 0.1) is 0 Å². The molecule has 78 valence electrons. The molecule has 0 aromatic rings. The number of rotatable bonds is 3. The first-order valence-electron chi connectivity index (χ1n) is 5.37. The summed E-state index contributed by atoms with van der Waals surface area (Å²) < 4.78 is 0. The van der Waals surface area contributed by atoms with Crippen molar-refractivity contribution in [1.82, 2.24) is 5.32 Å². The zero-order valence-electron chi connectivity index (χ0n) is 9.39. The van der Waals surface area contributed by atoms with Crippen LogP contribution in [0, 0.1) is 11.3 Å². The maximum atomic E-state index is 3.65. The molecule has 1 aliphatic rings. The first-order valence-corrected chi connectivity index (χ1v) is 6.52. The quantitative estimate of drug-likeness (QED) is 0.753. The molecule has 2 unspecified atom stereocenters. The lowest BCUT2D eigenvalue weighted by Gasteiger charge is -2.35. The molecule has 1 fully saturated rings. The van der Waals surface area contributed by atoms with Gasteiger partial charge in [-0.05, 0) is 35.8 Å². The molecule has 1 aliphatic heterocycles. The van der Waals surface area contributed by atoms with E-state index in [0.29, 0.717) is 11.5 Å². The number of nitrogens with one attached hydrogen (secondary N) is 1. The predicted molar refractivity (Wildman–Crippen MR) is 62.4 cm³/mol. The monoisotopic (exact) mass is 201 g/mol. The van der Waals surface area contributed by atoms with Crippen molar-refractivity contribution in [2.75, 3.05) is 18.1 Å². The van der Waals surface area contributed by atoms with Crippen molar-refractivity contribution in [2.45, 2.75) is 40.2 Å². The Hall–Kier alpha value is 0.310. The minimum atomic E-state index is 0.408. The van der Waals surface area contributed by atoms with Crippen LogP contribution in [0.5, 0.6) is 0 Å². The fourth-order valence-corrected chi connectivity index (χ4v) is 3.51. The van der Waals surface area contributed by atoms with Crippen molar-refractivity contribution in [3.8, 4) is 0 Å². The molecule has 2 heteroatoms. The fourth-order valence-electron chi connectivity index (χ4n) is 2.22. The summed E-state index contributed by atoms with van der Waals surface area (Å²) in [6.07, 6.45) is 1.40. The maximum absolute atomic E-state index is 3.65. The number of thioether (sulfide) groups is 1. The average molecular weight is 201 g/mol. The van der Waals surface area contributed by atoms with Crippen LogP contribution in [-0.2, 0) is 0 Å². The largest absolute Gasteiger partial charge is 0.313 e. The lowest BCUT2D eigenvalue weighted by Crippen LogP contribution is -2.45. The van der Waals surface area contributed by atoms with Crippen LogP contribution in [0.25, 0.3) is 0 Å². The Labute approximate surface area is 87.1 Å². The molecular weight excluding hydrogens is 178 g/mol. The van der Waals surface area contributed by atoms with Gasteiger partial charge < -0.3 is 5.32 Å². The van der Waals surface area contributed by atoms with E-state index >= 15 is 0 Å². The molecule has 0 radical (unpaired) electrons. The molecule has 1 saturated heterocycles. The van der Waals surface area contributed by atoms with Crippen molar-refractivity contribution in [2.24, 2.45) is 11.3 Å². The van der Waals surface area contributed by atoms with E-state index in [-0.39, 0.29) is 0 Å². The molecule has 0 aliphatic carbocycles. The van der Waals surface area contributed by atoms with E-state index in [4.69, 9.17) is 0 Å². The van der Waals surface area contributed by atoms with E-state index in [1.54, 1.807) is 0 Å². The Kier molecular flexibility index (Phi) is 4.11. The van der Waals surface area contributed by atoms with Gasteiger partial charge in [-0.2, -0.15) is 11.8 Å². The van der Waals surface area contributed by atoms with E-state index in [2.05, 4.69) is 44.8 Å². The lowest BCUT2D eigenvalue weighted by molar-refractivity contribution is 0.208.